The number of aliphatic imine (C=N–C) groups is 1. The lowest BCUT2D eigenvalue weighted by molar-refractivity contribution is 1.13. The maximum Gasteiger partial charge on any atom is 0.0726 e. The van der Waals surface area contributed by atoms with Crippen molar-refractivity contribution in [1.82, 2.24) is 0 Å². The van der Waals surface area contributed by atoms with Gasteiger partial charge in [-0.15, -0.1) is 0 Å². The molecular formula is C14H12BrN. The Morgan fingerprint density at radius 3 is 3.06 bits per heavy atom. The minimum atomic E-state index is 0.953. The number of rotatable bonds is 1. The number of fused-ring (bicyclic) bond motifs is 3. The number of aryl methyl sites for hydroxylation is 1. The van der Waals surface area contributed by atoms with E-state index in [1.165, 1.54) is 26.9 Å². The van der Waals surface area contributed by atoms with Crippen LogP contribution >= 0.6 is 15.9 Å². The van der Waals surface area contributed by atoms with Crippen molar-refractivity contribution in [3.8, 4) is 0 Å². The van der Waals surface area contributed by atoms with Gasteiger partial charge in [-0.25, -0.2) is 0 Å². The predicted molar refractivity (Wildman–Crippen MR) is 72.3 cm³/mol. The molecule has 3 rings (SSSR count). The Kier molecular flexibility index (Phi) is 2.32. The van der Waals surface area contributed by atoms with E-state index >= 15 is 0 Å². The number of nitrogens with zero attached hydrogens (tertiary/aromatic N) is 1. The fourth-order valence-electron chi connectivity index (χ4n) is 2.23. The third-order valence-electron chi connectivity index (χ3n) is 3.08. The Hall–Kier alpha value is -1.15. The SMILES string of the molecule is CCc1cc(Br)c2c(c1)N=C1CC=CC=C12. The monoisotopic (exact) mass is 273 g/mol. The van der Waals surface area contributed by atoms with Gasteiger partial charge in [0.1, 0.15) is 0 Å². The summed E-state index contributed by atoms with van der Waals surface area (Å²) in [5.74, 6) is 0. The smallest absolute Gasteiger partial charge is 0.0726 e. The molecule has 1 aliphatic carbocycles. The Morgan fingerprint density at radius 1 is 1.38 bits per heavy atom. The molecule has 1 heterocycles. The maximum absolute atomic E-state index is 4.71. The molecule has 0 bridgehead atoms. The molecule has 0 N–H and O–H groups in total. The summed E-state index contributed by atoms with van der Waals surface area (Å²) >= 11 is 3.66. The van der Waals surface area contributed by atoms with Gasteiger partial charge in [0.2, 0.25) is 0 Å². The summed E-state index contributed by atoms with van der Waals surface area (Å²) in [6.07, 6.45) is 8.43. The van der Waals surface area contributed by atoms with E-state index in [0.29, 0.717) is 0 Å². The van der Waals surface area contributed by atoms with Gasteiger partial charge in [0, 0.05) is 22.0 Å². The molecule has 1 aromatic carbocycles. The average Bonchev–Trinajstić information content (AvgIpc) is 2.67. The van der Waals surface area contributed by atoms with Gasteiger partial charge < -0.3 is 0 Å². The molecule has 0 unspecified atom stereocenters. The topological polar surface area (TPSA) is 12.4 Å². The van der Waals surface area contributed by atoms with Gasteiger partial charge in [-0.3, -0.25) is 4.99 Å². The third kappa shape index (κ3) is 1.40. The lowest BCUT2D eigenvalue weighted by atomic mass is 9.96. The predicted octanol–water partition coefficient (Wildman–Crippen LogP) is 4.44. The lowest BCUT2D eigenvalue weighted by Gasteiger charge is -2.08. The van der Waals surface area contributed by atoms with Crippen LogP contribution in [-0.2, 0) is 6.42 Å². The van der Waals surface area contributed by atoms with Gasteiger partial charge in [0.15, 0.2) is 0 Å². The van der Waals surface area contributed by atoms with Crippen LogP contribution in [0.4, 0.5) is 5.69 Å². The second-order valence-electron chi connectivity index (χ2n) is 4.10. The molecule has 80 valence electrons. The molecule has 0 radical (unpaired) electrons. The molecule has 0 saturated heterocycles. The number of hydrogen-bond acceptors (Lipinski definition) is 1. The summed E-state index contributed by atoms with van der Waals surface area (Å²) in [4.78, 5) is 4.71. The highest BCUT2D eigenvalue weighted by Crippen LogP contribution is 2.42. The standard InChI is InChI=1S/C14H12BrN/c1-2-9-7-11(15)14-10-5-3-4-6-12(10)16-13(14)8-9/h3-5,7-8H,2,6H2,1H3. The normalized spacial score (nSPS) is 16.6. The Labute approximate surface area is 104 Å². The summed E-state index contributed by atoms with van der Waals surface area (Å²) < 4.78 is 1.17. The summed E-state index contributed by atoms with van der Waals surface area (Å²) in [7, 11) is 0. The molecule has 1 aliphatic heterocycles. The molecule has 0 amide bonds. The van der Waals surface area contributed by atoms with Crippen molar-refractivity contribution in [2.75, 3.05) is 0 Å². The Balaban J connectivity index is 2.23. The van der Waals surface area contributed by atoms with Gasteiger partial charge in [0.25, 0.3) is 0 Å². The van der Waals surface area contributed by atoms with Crippen LogP contribution in [0.5, 0.6) is 0 Å². The zero-order chi connectivity index (χ0) is 11.1. The summed E-state index contributed by atoms with van der Waals surface area (Å²) in [5.41, 5.74) is 6.20. The van der Waals surface area contributed by atoms with Crippen molar-refractivity contribution in [2.24, 2.45) is 4.99 Å². The van der Waals surface area contributed by atoms with Crippen molar-refractivity contribution in [2.45, 2.75) is 19.8 Å². The van der Waals surface area contributed by atoms with Crippen LogP contribution in [0, 0.1) is 0 Å². The molecule has 0 aromatic heterocycles. The molecule has 0 atom stereocenters. The van der Waals surface area contributed by atoms with Crippen molar-refractivity contribution < 1.29 is 0 Å². The van der Waals surface area contributed by atoms with E-state index in [1.807, 2.05) is 0 Å². The maximum atomic E-state index is 4.71. The quantitative estimate of drug-likeness (QED) is 0.717. The molecule has 16 heavy (non-hydrogen) atoms. The lowest BCUT2D eigenvalue weighted by Crippen LogP contribution is -1.98. The first-order chi connectivity index (χ1) is 7.79. The second-order valence-corrected chi connectivity index (χ2v) is 4.95. The van der Waals surface area contributed by atoms with Crippen LogP contribution in [-0.4, -0.2) is 5.71 Å². The Bertz CT molecular complexity index is 550. The van der Waals surface area contributed by atoms with Crippen molar-refractivity contribution >= 4 is 32.9 Å². The van der Waals surface area contributed by atoms with Crippen molar-refractivity contribution in [3.63, 3.8) is 0 Å². The summed E-state index contributed by atoms with van der Waals surface area (Å²) in [5, 5.41) is 0. The first-order valence-electron chi connectivity index (χ1n) is 5.57. The third-order valence-corrected chi connectivity index (χ3v) is 3.71. The van der Waals surface area contributed by atoms with E-state index in [0.717, 1.165) is 18.5 Å². The molecular weight excluding hydrogens is 262 g/mol. The van der Waals surface area contributed by atoms with Crippen molar-refractivity contribution in [3.05, 3.63) is 46.0 Å². The molecule has 2 aliphatic rings. The number of benzene rings is 1. The van der Waals surface area contributed by atoms with Gasteiger partial charge in [0.05, 0.1) is 11.4 Å². The highest BCUT2D eigenvalue weighted by atomic mass is 79.9. The van der Waals surface area contributed by atoms with Gasteiger partial charge in [-0.05, 0) is 24.1 Å². The van der Waals surface area contributed by atoms with Gasteiger partial charge >= 0.3 is 0 Å². The van der Waals surface area contributed by atoms with E-state index in [9.17, 15) is 0 Å². The zero-order valence-electron chi connectivity index (χ0n) is 9.13. The fourth-order valence-corrected chi connectivity index (χ4v) is 2.95. The van der Waals surface area contributed by atoms with Crippen LogP contribution in [0.2, 0.25) is 0 Å². The molecule has 1 aromatic rings. The van der Waals surface area contributed by atoms with Crippen molar-refractivity contribution in [1.29, 1.82) is 0 Å². The summed E-state index contributed by atoms with van der Waals surface area (Å²) in [6, 6.07) is 4.41. The minimum Gasteiger partial charge on any atom is -0.252 e. The number of hydrogen-bond donors (Lipinski definition) is 0. The van der Waals surface area contributed by atoms with E-state index in [2.05, 4.69) is 53.2 Å². The highest BCUT2D eigenvalue weighted by Gasteiger charge is 2.23. The minimum absolute atomic E-state index is 0.953. The van der Waals surface area contributed by atoms with Gasteiger partial charge in [-0.2, -0.15) is 0 Å². The molecule has 0 saturated carbocycles. The second kappa shape index (κ2) is 3.70. The highest BCUT2D eigenvalue weighted by molar-refractivity contribution is 9.10. The van der Waals surface area contributed by atoms with Crippen LogP contribution in [0.25, 0.3) is 5.57 Å². The number of allylic oxidation sites excluding steroid dienone is 4. The van der Waals surface area contributed by atoms with E-state index in [-0.39, 0.29) is 0 Å². The fraction of sp³-hybridized carbons (Fsp3) is 0.214. The number of halogens is 1. The van der Waals surface area contributed by atoms with Gasteiger partial charge in [-0.1, -0.05) is 41.1 Å². The zero-order valence-corrected chi connectivity index (χ0v) is 10.7. The van der Waals surface area contributed by atoms with E-state index < -0.39 is 0 Å². The van der Waals surface area contributed by atoms with Crippen LogP contribution in [0.1, 0.15) is 24.5 Å². The summed E-state index contributed by atoms with van der Waals surface area (Å²) in [6.45, 7) is 2.17. The molecule has 0 fully saturated rings. The first kappa shape index (κ1) is 10.0. The molecule has 2 heteroatoms. The largest absolute Gasteiger partial charge is 0.252 e. The molecule has 1 nitrogen and oxygen atoms in total. The van der Waals surface area contributed by atoms with Crippen LogP contribution in [0.3, 0.4) is 0 Å². The first-order valence-corrected chi connectivity index (χ1v) is 6.36. The van der Waals surface area contributed by atoms with Crippen LogP contribution in [0.15, 0.2) is 39.8 Å². The van der Waals surface area contributed by atoms with Crippen LogP contribution < -0.4 is 0 Å². The van der Waals surface area contributed by atoms with E-state index in [1.54, 1.807) is 0 Å². The van der Waals surface area contributed by atoms with E-state index in [4.69, 9.17) is 4.99 Å². The molecule has 0 spiro atoms. The Morgan fingerprint density at radius 2 is 2.25 bits per heavy atom. The average molecular weight is 274 g/mol.